The van der Waals surface area contributed by atoms with E-state index in [0.29, 0.717) is 6.42 Å². The van der Waals surface area contributed by atoms with Crippen molar-refractivity contribution in [3.05, 3.63) is 60.2 Å². The van der Waals surface area contributed by atoms with E-state index in [-0.39, 0.29) is 17.7 Å². The fourth-order valence-electron chi connectivity index (χ4n) is 3.09. The van der Waals surface area contributed by atoms with E-state index in [1.165, 1.54) is 5.69 Å². The summed E-state index contributed by atoms with van der Waals surface area (Å²) in [5.74, 6) is 0.377. The van der Waals surface area contributed by atoms with Gasteiger partial charge in [0, 0.05) is 31.4 Å². The molecule has 1 saturated heterocycles. The van der Waals surface area contributed by atoms with Crippen LogP contribution in [0.2, 0.25) is 0 Å². The molecule has 2 aromatic rings. The number of hydrogen-bond donors (Lipinski definition) is 1. The summed E-state index contributed by atoms with van der Waals surface area (Å²) in [5.41, 5.74) is 2.15. The van der Waals surface area contributed by atoms with Gasteiger partial charge in [-0.25, -0.2) is 0 Å². The third-order valence-electron chi connectivity index (χ3n) is 4.36. The van der Waals surface area contributed by atoms with E-state index in [0.717, 1.165) is 25.2 Å². The number of piperazine rings is 1. The summed E-state index contributed by atoms with van der Waals surface area (Å²) in [6.45, 7) is 4.55. The van der Waals surface area contributed by atoms with E-state index in [9.17, 15) is 9.90 Å². The van der Waals surface area contributed by atoms with Gasteiger partial charge in [0.15, 0.2) is 0 Å². The van der Waals surface area contributed by atoms with Crippen LogP contribution in [0, 0.1) is 0 Å². The molecule has 1 aliphatic rings. The Labute approximate surface area is 137 Å². The van der Waals surface area contributed by atoms with Gasteiger partial charge in [-0.1, -0.05) is 30.3 Å². The SMILES string of the molecule is C[C@@H]1CN(c2ccccc2)CCN1C(=O)Cc1ccc(O)cc1. The van der Waals surface area contributed by atoms with E-state index < -0.39 is 0 Å². The van der Waals surface area contributed by atoms with Gasteiger partial charge < -0.3 is 14.9 Å². The Morgan fingerprint density at radius 2 is 1.78 bits per heavy atom. The summed E-state index contributed by atoms with van der Waals surface area (Å²) in [5, 5.41) is 9.32. The second-order valence-corrected chi connectivity index (χ2v) is 6.06. The molecule has 0 aromatic heterocycles. The first-order valence-corrected chi connectivity index (χ1v) is 8.01. The van der Waals surface area contributed by atoms with Gasteiger partial charge in [0.05, 0.1) is 6.42 Å². The summed E-state index contributed by atoms with van der Waals surface area (Å²) in [7, 11) is 0. The molecule has 0 unspecified atom stereocenters. The molecule has 4 nitrogen and oxygen atoms in total. The van der Waals surface area contributed by atoms with Crippen molar-refractivity contribution >= 4 is 11.6 Å². The van der Waals surface area contributed by atoms with Gasteiger partial charge in [-0.15, -0.1) is 0 Å². The van der Waals surface area contributed by atoms with Gasteiger partial charge in [0.25, 0.3) is 0 Å². The maximum atomic E-state index is 12.6. The molecule has 0 saturated carbocycles. The average molecular weight is 310 g/mol. The van der Waals surface area contributed by atoms with Gasteiger partial charge in [-0.05, 0) is 36.8 Å². The Balaban J connectivity index is 1.61. The first kappa shape index (κ1) is 15.4. The van der Waals surface area contributed by atoms with Crippen LogP contribution < -0.4 is 4.90 Å². The molecule has 1 N–H and O–H groups in total. The van der Waals surface area contributed by atoms with E-state index in [1.54, 1.807) is 24.3 Å². The van der Waals surface area contributed by atoms with Crippen molar-refractivity contribution in [2.75, 3.05) is 24.5 Å². The fourth-order valence-corrected chi connectivity index (χ4v) is 3.09. The lowest BCUT2D eigenvalue weighted by Crippen LogP contribution is -2.54. The number of para-hydroxylation sites is 1. The first-order chi connectivity index (χ1) is 11.1. The van der Waals surface area contributed by atoms with Crippen molar-refractivity contribution < 1.29 is 9.90 Å². The van der Waals surface area contributed by atoms with Crippen LogP contribution >= 0.6 is 0 Å². The number of phenols is 1. The molecule has 3 rings (SSSR count). The Bertz CT molecular complexity index is 655. The van der Waals surface area contributed by atoms with E-state index >= 15 is 0 Å². The van der Waals surface area contributed by atoms with E-state index in [4.69, 9.17) is 0 Å². The van der Waals surface area contributed by atoms with Gasteiger partial charge in [0.1, 0.15) is 5.75 Å². The predicted octanol–water partition coefficient (Wildman–Crippen LogP) is 2.67. The number of rotatable bonds is 3. The average Bonchev–Trinajstić information content (AvgIpc) is 2.57. The number of nitrogens with zero attached hydrogens (tertiary/aromatic N) is 2. The lowest BCUT2D eigenvalue weighted by molar-refractivity contribution is -0.132. The molecule has 2 aromatic carbocycles. The second kappa shape index (κ2) is 6.73. The maximum Gasteiger partial charge on any atom is 0.227 e. The highest BCUT2D eigenvalue weighted by Gasteiger charge is 2.27. The molecule has 0 spiro atoms. The Morgan fingerprint density at radius 1 is 1.09 bits per heavy atom. The largest absolute Gasteiger partial charge is 0.508 e. The topological polar surface area (TPSA) is 43.8 Å². The predicted molar refractivity (Wildman–Crippen MR) is 91.6 cm³/mol. The number of phenolic OH excluding ortho intramolecular Hbond substituents is 1. The smallest absolute Gasteiger partial charge is 0.227 e. The van der Waals surface area contributed by atoms with Crippen molar-refractivity contribution in [1.82, 2.24) is 4.90 Å². The molecule has 0 bridgehead atoms. The van der Waals surface area contributed by atoms with Crippen LogP contribution in [0.4, 0.5) is 5.69 Å². The van der Waals surface area contributed by atoms with Gasteiger partial charge >= 0.3 is 0 Å². The summed E-state index contributed by atoms with van der Waals surface area (Å²) in [6, 6.07) is 17.4. The van der Waals surface area contributed by atoms with E-state index in [2.05, 4.69) is 24.0 Å². The summed E-state index contributed by atoms with van der Waals surface area (Å²) in [4.78, 5) is 16.8. The maximum absolute atomic E-state index is 12.6. The number of carbonyl (C=O) groups is 1. The summed E-state index contributed by atoms with van der Waals surface area (Å²) >= 11 is 0. The molecule has 23 heavy (non-hydrogen) atoms. The standard InChI is InChI=1S/C19H22N2O2/c1-15-14-20(17-5-3-2-4-6-17)11-12-21(15)19(23)13-16-7-9-18(22)10-8-16/h2-10,15,22H,11-14H2,1H3/t15-/m1/s1. The lowest BCUT2D eigenvalue weighted by atomic mass is 10.1. The molecule has 1 atom stereocenters. The summed E-state index contributed by atoms with van der Waals surface area (Å²) < 4.78 is 0. The van der Waals surface area contributed by atoms with Crippen molar-refractivity contribution in [2.24, 2.45) is 0 Å². The quantitative estimate of drug-likeness (QED) is 0.948. The fraction of sp³-hybridized carbons (Fsp3) is 0.316. The van der Waals surface area contributed by atoms with Crippen LogP contribution in [0.3, 0.4) is 0 Å². The molecule has 1 heterocycles. The Hall–Kier alpha value is -2.49. The molecule has 0 aliphatic carbocycles. The first-order valence-electron chi connectivity index (χ1n) is 8.01. The monoisotopic (exact) mass is 310 g/mol. The molecular formula is C19H22N2O2. The van der Waals surface area contributed by atoms with Gasteiger partial charge in [-0.3, -0.25) is 4.79 Å². The van der Waals surface area contributed by atoms with Gasteiger partial charge in [-0.2, -0.15) is 0 Å². The number of benzene rings is 2. The summed E-state index contributed by atoms with van der Waals surface area (Å²) in [6.07, 6.45) is 0.385. The number of hydrogen-bond acceptors (Lipinski definition) is 3. The molecule has 0 radical (unpaired) electrons. The third-order valence-corrected chi connectivity index (χ3v) is 4.36. The minimum absolute atomic E-state index is 0.149. The highest BCUT2D eigenvalue weighted by atomic mass is 16.3. The molecule has 1 aliphatic heterocycles. The second-order valence-electron chi connectivity index (χ2n) is 6.06. The number of aromatic hydroxyl groups is 1. The van der Waals surface area contributed by atoms with Crippen LogP contribution in [0.1, 0.15) is 12.5 Å². The van der Waals surface area contributed by atoms with Crippen molar-refractivity contribution in [3.8, 4) is 5.75 Å². The van der Waals surface area contributed by atoms with Crippen LogP contribution in [0.25, 0.3) is 0 Å². The highest BCUT2D eigenvalue weighted by Crippen LogP contribution is 2.20. The van der Waals surface area contributed by atoms with Crippen LogP contribution in [-0.4, -0.2) is 41.6 Å². The molecule has 1 fully saturated rings. The minimum Gasteiger partial charge on any atom is -0.508 e. The number of anilines is 1. The van der Waals surface area contributed by atoms with Crippen LogP contribution in [0.5, 0.6) is 5.75 Å². The molecule has 1 amide bonds. The Morgan fingerprint density at radius 3 is 2.43 bits per heavy atom. The van der Waals surface area contributed by atoms with Crippen molar-refractivity contribution in [1.29, 1.82) is 0 Å². The van der Waals surface area contributed by atoms with Crippen LogP contribution in [0.15, 0.2) is 54.6 Å². The normalized spacial score (nSPS) is 18.0. The highest BCUT2D eigenvalue weighted by molar-refractivity contribution is 5.79. The van der Waals surface area contributed by atoms with E-state index in [1.807, 2.05) is 23.1 Å². The number of carbonyl (C=O) groups excluding carboxylic acids is 1. The van der Waals surface area contributed by atoms with Crippen LogP contribution in [-0.2, 0) is 11.2 Å². The van der Waals surface area contributed by atoms with Crippen molar-refractivity contribution in [3.63, 3.8) is 0 Å². The number of amides is 1. The molecular weight excluding hydrogens is 288 g/mol. The van der Waals surface area contributed by atoms with Gasteiger partial charge in [0.2, 0.25) is 5.91 Å². The Kier molecular flexibility index (Phi) is 4.51. The zero-order valence-corrected chi connectivity index (χ0v) is 13.4. The third kappa shape index (κ3) is 3.65. The zero-order valence-electron chi connectivity index (χ0n) is 13.4. The van der Waals surface area contributed by atoms with Crippen molar-refractivity contribution in [2.45, 2.75) is 19.4 Å². The zero-order chi connectivity index (χ0) is 16.2. The molecule has 4 heteroatoms. The minimum atomic E-state index is 0.149. The molecule has 120 valence electrons. The lowest BCUT2D eigenvalue weighted by Gasteiger charge is -2.41.